The first-order chi connectivity index (χ1) is 14.6. The van der Waals surface area contributed by atoms with Gasteiger partial charge in [-0.2, -0.15) is 5.10 Å². The molecule has 0 aliphatic carbocycles. The summed E-state index contributed by atoms with van der Waals surface area (Å²) in [6.07, 6.45) is 2.78. The molecule has 0 unspecified atom stereocenters. The lowest BCUT2D eigenvalue weighted by atomic mass is 10.1. The second-order valence-corrected chi connectivity index (χ2v) is 6.85. The molecular weight excluding hydrogens is 382 g/mol. The first-order valence-electron chi connectivity index (χ1n) is 10.1. The lowest BCUT2D eigenvalue weighted by Gasteiger charge is -2.13. The number of anilines is 1. The van der Waals surface area contributed by atoms with Crippen LogP contribution < -0.4 is 10.9 Å². The van der Waals surface area contributed by atoms with Gasteiger partial charge in [0, 0.05) is 11.9 Å². The van der Waals surface area contributed by atoms with Gasteiger partial charge in [-0.25, -0.2) is 9.48 Å². The fourth-order valence-corrected chi connectivity index (χ4v) is 3.23. The lowest BCUT2D eigenvalue weighted by Crippen LogP contribution is -2.28. The molecular formula is C23H25N3O4. The third-order valence-electron chi connectivity index (χ3n) is 4.73. The van der Waals surface area contributed by atoms with Crippen molar-refractivity contribution in [2.24, 2.45) is 0 Å². The summed E-state index contributed by atoms with van der Waals surface area (Å²) < 4.78 is 6.42. The Kier molecular flexibility index (Phi) is 6.95. The van der Waals surface area contributed by atoms with Crippen LogP contribution >= 0.6 is 0 Å². The maximum absolute atomic E-state index is 13.1. The maximum Gasteiger partial charge on any atom is 0.340 e. The normalized spacial score (nSPS) is 10.7. The number of carbonyl (C=O) groups is 2. The molecule has 1 N–H and O–H groups in total. The Morgan fingerprint density at radius 2 is 1.70 bits per heavy atom. The summed E-state index contributed by atoms with van der Waals surface area (Å²) in [7, 11) is 0. The van der Waals surface area contributed by atoms with E-state index in [1.807, 2.05) is 0 Å². The van der Waals surface area contributed by atoms with Gasteiger partial charge in [-0.15, -0.1) is 0 Å². The molecule has 30 heavy (non-hydrogen) atoms. The number of nitrogens with one attached hydrogen (secondary N) is 1. The van der Waals surface area contributed by atoms with Crippen molar-refractivity contribution in [2.75, 3.05) is 11.9 Å². The summed E-state index contributed by atoms with van der Waals surface area (Å²) in [6, 6.07) is 13.5. The van der Waals surface area contributed by atoms with Gasteiger partial charge in [-0.05, 0) is 31.5 Å². The van der Waals surface area contributed by atoms with Crippen molar-refractivity contribution in [1.29, 1.82) is 0 Å². The van der Waals surface area contributed by atoms with Gasteiger partial charge in [0.2, 0.25) is 0 Å². The van der Waals surface area contributed by atoms with Crippen molar-refractivity contribution in [1.82, 2.24) is 9.78 Å². The molecule has 0 spiro atoms. The summed E-state index contributed by atoms with van der Waals surface area (Å²) in [4.78, 5) is 38.1. The fraction of sp³-hybridized carbons (Fsp3) is 0.304. The molecule has 156 valence electrons. The third kappa shape index (κ3) is 4.56. The molecule has 0 saturated carbocycles. The van der Waals surface area contributed by atoms with Crippen LogP contribution in [0.2, 0.25) is 0 Å². The molecule has 0 aliphatic rings. The Bertz CT molecular complexity index is 1120. The Morgan fingerprint density at radius 3 is 2.43 bits per heavy atom. The average molecular weight is 407 g/mol. The molecule has 0 bridgehead atoms. The molecule has 1 aromatic heterocycles. The van der Waals surface area contributed by atoms with E-state index in [-0.39, 0.29) is 23.4 Å². The molecule has 3 aromatic rings. The van der Waals surface area contributed by atoms with Crippen molar-refractivity contribution >= 4 is 28.3 Å². The van der Waals surface area contributed by atoms with E-state index in [0.717, 1.165) is 19.3 Å². The number of amides is 1. The molecule has 0 atom stereocenters. The number of unbranched alkanes of at least 4 members (excludes halogenated alkanes) is 2. The number of para-hydroxylation sites is 1. The first kappa shape index (κ1) is 21.2. The zero-order valence-corrected chi connectivity index (χ0v) is 17.2. The Morgan fingerprint density at radius 1 is 1.00 bits per heavy atom. The molecule has 7 heteroatoms. The number of benzene rings is 2. The van der Waals surface area contributed by atoms with E-state index < -0.39 is 11.9 Å². The standard InChI is InChI=1S/C23H25N3O4/c1-3-5-10-15-26-22(28)17-12-7-6-11-16(17)20(25-26)21(27)24-19-14-9-8-13-18(19)23(29)30-4-2/h6-9,11-14H,3-5,10,15H2,1-2H3,(H,24,27). The summed E-state index contributed by atoms with van der Waals surface area (Å²) in [5.41, 5.74) is 0.509. The van der Waals surface area contributed by atoms with Gasteiger partial charge in [0.05, 0.1) is 23.2 Å². The highest BCUT2D eigenvalue weighted by Gasteiger charge is 2.19. The predicted octanol–water partition coefficient (Wildman–Crippen LogP) is 4.02. The van der Waals surface area contributed by atoms with Crippen LogP contribution in [0.4, 0.5) is 5.69 Å². The monoisotopic (exact) mass is 407 g/mol. The van der Waals surface area contributed by atoms with Gasteiger partial charge in [-0.1, -0.05) is 50.1 Å². The lowest BCUT2D eigenvalue weighted by molar-refractivity contribution is 0.0527. The highest BCUT2D eigenvalue weighted by Crippen LogP contribution is 2.19. The highest BCUT2D eigenvalue weighted by molar-refractivity contribution is 6.12. The number of esters is 1. The summed E-state index contributed by atoms with van der Waals surface area (Å²) in [5, 5.41) is 8.02. The minimum Gasteiger partial charge on any atom is -0.462 e. The van der Waals surface area contributed by atoms with Crippen LogP contribution in [0, 0.1) is 0 Å². The van der Waals surface area contributed by atoms with E-state index in [0.29, 0.717) is 23.0 Å². The number of ether oxygens (including phenoxy) is 1. The summed E-state index contributed by atoms with van der Waals surface area (Å²) in [6.45, 7) is 4.47. The largest absolute Gasteiger partial charge is 0.462 e. The van der Waals surface area contributed by atoms with Crippen LogP contribution in [0.15, 0.2) is 53.3 Å². The summed E-state index contributed by atoms with van der Waals surface area (Å²) >= 11 is 0. The van der Waals surface area contributed by atoms with Gasteiger partial charge in [0.15, 0.2) is 5.69 Å². The Labute approximate surface area is 174 Å². The molecule has 0 radical (unpaired) electrons. The van der Waals surface area contributed by atoms with Crippen LogP contribution in [-0.2, 0) is 11.3 Å². The van der Waals surface area contributed by atoms with Crippen LogP contribution in [-0.4, -0.2) is 28.3 Å². The minimum atomic E-state index is -0.518. The first-order valence-corrected chi connectivity index (χ1v) is 10.1. The number of carbonyl (C=O) groups excluding carboxylic acids is 2. The molecule has 0 aliphatic heterocycles. The zero-order valence-electron chi connectivity index (χ0n) is 17.2. The fourth-order valence-electron chi connectivity index (χ4n) is 3.23. The van der Waals surface area contributed by atoms with Crippen LogP contribution in [0.1, 0.15) is 54.0 Å². The van der Waals surface area contributed by atoms with Gasteiger partial charge in [-0.3, -0.25) is 9.59 Å². The Balaban J connectivity index is 2.00. The van der Waals surface area contributed by atoms with Gasteiger partial charge >= 0.3 is 5.97 Å². The van der Waals surface area contributed by atoms with Gasteiger partial charge in [0.25, 0.3) is 11.5 Å². The highest BCUT2D eigenvalue weighted by atomic mass is 16.5. The topological polar surface area (TPSA) is 90.3 Å². The Hall–Kier alpha value is -3.48. The van der Waals surface area contributed by atoms with E-state index in [2.05, 4.69) is 17.3 Å². The van der Waals surface area contributed by atoms with Gasteiger partial charge in [0.1, 0.15) is 0 Å². The number of fused-ring (bicyclic) bond motifs is 1. The van der Waals surface area contributed by atoms with Crippen molar-refractivity contribution < 1.29 is 14.3 Å². The molecule has 7 nitrogen and oxygen atoms in total. The number of aromatic nitrogens is 2. The van der Waals surface area contributed by atoms with Crippen molar-refractivity contribution in [3.63, 3.8) is 0 Å². The molecule has 1 amide bonds. The molecule has 1 heterocycles. The minimum absolute atomic E-state index is 0.139. The number of aryl methyl sites for hydroxylation is 1. The van der Waals surface area contributed by atoms with Gasteiger partial charge < -0.3 is 10.1 Å². The molecule has 0 fully saturated rings. The molecule has 2 aromatic carbocycles. The molecule has 0 saturated heterocycles. The average Bonchev–Trinajstić information content (AvgIpc) is 2.76. The maximum atomic E-state index is 13.1. The van der Waals surface area contributed by atoms with E-state index in [1.54, 1.807) is 55.5 Å². The van der Waals surface area contributed by atoms with Crippen LogP contribution in [0.25, 0.3) is 10.8 Å². The van der Waals surface area contributed by atoms with E-state index in [9.17, 15) is 14.4 Å². The van der Waals surface area contributed by atoms with E-state index in [4.69, 9.17) is 4.74 Å². The quantitative estimate of drug-likeness (QED) is 0.450. The SMILES string of the molecule is CCCCCn1nc(C(=O)Nc2ccccc2C(=O)OCC)c2ccccc2c1=O. The van der Waals surface area contributed by atoms with E-state index in [1.165, 1.54) is 4.68 Å². The number of hydrogen-bond donors (Lipinski definition) is 1. The van der Waals surface area contributed by atoms with Crippen molar-refractivity contribution in [3.05, 3.63) is 70.1 Å². The second-order valence-electron chi connectivity index (χ2n) is 6.85. The number of nitrogens with zero attached hydrogens (tertiary/aromatic N) is 2. The molecule has 3 rings (SSSR count). The summed E-state index contributed by atoms with van der Waals surface area (Å²) in [5.74, 6) is -1.01. The van der Waals surface area contributed by atoms with Crippen LogP contribution in [0.3, 0.4) is 0 Å². The smallest absolute Gasteiger partial charge is 0.340 e. The number of hydrogen-bond acceptors (Lipinski definition) is 5. The van der Waals surface area contributed by atoms with Crippen molar-refractivity contribution in [2.45, 2.75) is 39.7 Å². The zero-order chi connectivity index (χ0) is 21.5. The second kappa shape index (κ2) is 9.82. The van der Waals surface area contributed by atoms with E-state index >= 15 is 0 Å². The van der Waals surface area contributed by atoms with Crippen molar-refractivity contribution in [3.8, 4) is 0 Å². The third-order valence-corrected chi connectivity index (χ3v) is 4.73. The predicted molar refractivity (Wildman–Crippen MR) is 116 cm³/mol. The number of rotatable bonds is 8. The van der Waals surface area contributed by atoms with Crippen LogP contribution in [0.5, 0.6) is 0 Å².